The van der Waals surface area contributed by atoms with Crippen molar-refractivity contribution in [1.29, 1.82) is 0 Å². The van der Waals surface area contributed by atoms with Crippen LogP contribution in [0.5, 0.6) is 11.5 Å². The molecule has 4 heterocycles. The van der Waals surface area contributed by atoms with Gasteiger partial charge in [-0.15, -0.1) is 0 Å². The number of likely N-dealkylation sites (tertiary alicyclic amines) is 1. The summed E-state index contributed by atoms with van der Waals surface area (Å²) in [5.41, 5.74) is -0.146. The second-order valence-corrected chi connectivity index (χ2v) is 9.00. The lowest BCUT2D eigenvalue weighted by molar-refractivity contribution is -0.116. The Morgan fingerprint density at radius 1 is 1.03 bits per heavy atom. The molecular formula is C25H27N5O6. The van der Waals surface area contributed by atoms with Crippen molar-refractivity contribution >= 4 is 28.5 Å². The molecule has 0 saturated carbocycles. The standard InChI is InChI=1S/C25H27N5O6/c1-15-12-17(23(32)29-8-4-3-5-9-29)21-22(26-15)28(2)25(34)30(24(21)33)14-20(31)27-16-6-7-18-19(13-16)36-11-10-35-18/h6-7,12-13H,3-5,8-11,14H2,1-2H3,(H,27,31). The summed E-state index contributed by atoms with van der Waals surface area (Å²) >= 11 is 0. The second-order valence-electron chi connectivity index (χ2n) is 9.00. The van der Waals surface area contributed by atoms with Gasteiger partial charge in [-0.1, -0.05) is 0 Å². The zero-order chi connectivity index (χ0) is 25.4. The monoisotopic (exact) mass is 493 g/mol. The molecule has 0 aliphatic carbocycles. The molecule has 11 heteroatoms. The van der Waals surface area contributed by atoms with E-state index in [1.807, 2.05) is 0 Å². The molecule has 1 saturated heterocycles. The van der Waals surface area contributed by atoms with Crippen molar-refractivity contribution in [1.82, 2.24) is 19.0 Å². The molecule has 1 aromatic carbocycles. The second kappa shape index (κ2) is 9.48. The average molecular weight is 494 g/mol. The molecular weight excluding hydrogens is 466 g/mol. The molecule has 0 unspecified atom stereocenters. The number of amides is 2. The van der Waals surface area contributed by atoms with E-state index in [0.29, 0.717) is 49.2 Å². The molecule has 0 atom stereocenters. The number of nitrogens with one attached hydrogen (secondary N) is 1. The maximum Gasteiger partial charge on any atom is 0.332 e. The highest BCUT2D eigenvalue weighted by Crippen LogP contribution is 2.32. The lowest BCUT2D eigenvalue weighted by Gasteiger charge is -2.27. The zero-order valence-corrected chi connectivity index (χ0v) is 20.2. The van der Waals surface area contributed by atoms with Crippen LogP contribution in [0, 0.1) is 6.92 Å². The van der Waals surface area contributed by atoms with Gasteiger partial charge >= 0.3 is 5.69 Å². The Labute approximate surface area is 206 Å². The van der Waals surface area contributed by atoms with Crippen LogP contribution < -0.4 is 26.0 Å². The van der Waals surface area contributed by atoms with Crippen LogP contribution in [0.2, 0.25) is 0 Å². The molecule has 5 rings (SSSR count). The molecule has 2 aliphatic rings. The normalized spacial score (nSPS) is 15.1. The van der Waals surface area contributed by atoms with E-state index in [9.17, 15) is 19.2 Å². The van der Waals surface area contributed by atoms with Crippen molar-refractivity contribution in [2.24, 2.45) is 7.05 Å². The smallest absolute Gasteiger partial charge is 0.332 e. The van der Waals surface area contributed by atoms with Gasteiger partial charge < -0.3 is 19.7 Å². The number of benzene rings is 1. The van der Waals surface area contributed by atoms with Crippen molar-refractivity contribution in [3.63, 3.8) is 0 Å². The highest BCUT2D eigenvalue weighted by molar-refractivity contribution is 6.05. The van der Waals surface area contributed by atoms with Crippen LogP contribution in [0.1, 0.15) is 35.3 Å². The van der Waals surface area contributed by atoms with E-state index in [1.54, 1.807) is 36.1 Å². The fourth-order valence-electron chi connectivity index (χ4n) is 4.64. The van der Waals surface area contributed by atoms with E-state index < -0.39 is 23.7 Å². The van der Waals surface area contributed by atoms with Gasteiger partial charge in [-0.3, -0.25) is 23.5 Å². The Balaban J connectivity index is 1.51. The van der Waals surface area contributed by atoms with E-state index in [-0.39, 0.29) is 22.5 Å². The highest BCUT2D eigenvalue weighted by Gasteiger charge is 2.25. The third-order valence-electron chi connectivity index (χ3n) is 6.42. The zero-order valence-electron chi connectivity index (χ0n) is 20.2. The number of anilines is 1. The molecule has 2 aliphatic heterocycles. The molecule has 36 heavy (non-hydrogen) atoms. The molecule has 188 valence electrons. The summed E-state index contributed by atoms with van der Waals surface area (Å²) in [4.78, 5) is 58.9. The minimum absolute atomic E-state index is 0.0328. The van der Waals surface area contributed by atoms with E-state index in [2.05, 4.69) is 10.3 Å². The van der Waals surface area contributed by atoms with Gasteiger partial charge in [0.1, 0.15) is 25.4 Å². The van der Waals surface area contributed by atoms with Gasteiger partial charge in [-0.05, 0) is 44.4 Å². The fourth-order valence-corrected chi connectivity index (χ4v) is 4.64. The van der Waals surface area contributed by atoms with Gasteiger partial charge in [0.15, 0.2) is 11.5 Å². The summed E-state index contributed by atoms with van der Waals surface area (Å²) < 4.78 is 13.1. The first kappa shape index (κ1) is 23.6. The first-order valence-electron chi connectivity index (χ1n) is 11.9. The summed E-state index contributed by atoms with van der Waals surface area (Å²) in [7, 11) is 1.47. The van der Waals surface area contributed by atoms with Crippen LogP contribution in [0.25, 0.3) is 11.0 Å². The number of rotatable bonds is 4. The van der Waals surface area contributed by atoms with Crippen LogP contribution in [0.15, 0.2) is 33.9 Å². The minimum Gasteiger partial charge on any atom is -0.486 e. The third kappa shape index (κ3) is 4.32. The van der Waals surface area contributed by atoms with Crippen molar-refractivity contribution in [3.8, 4) is 11.5 Å². The number of ether oxygens (including phenoxy) is 2. The van der Waals surface area contributed by atoms with Crippen LogP contribution in [0.3, 0.4) is 0 Å². The van der Waals surface area contributed by atoms with Crippen LogP contribution in [-0.2, 0) is 18.4 Å². The molecule has 2 amide bonds. The third-order valence-corrected chi connectivity index (χ3v) is 6.42. The average Bonchev–Trinajstić information content (AvgIpc) is 2.89. The Kier molecular flexibility index (Phi) is 6.21. The number of piperidine rings is 1. The van der Waals surface area contributed by atoms with Crippen LogP contribution in [0.4, 0.5) is 5.69 Å². The summed E-state index contributed by atoms with van der Waals surface area (Å²) in [6, 6.07) is 6.52. The predicted molar refractivity (Wildman–Crippen MR) is 132 cm³/mol. The predicted octanol–water partition coefficient (Wildman–Crippen LogP) is 1.44. The van der Waals surface area contributed by atoms with Crippen LogP contribution in [-0.4, -0.2) is 57.1 Å². The quantitative estimate of drug-likeness (QED) is 0.583. The molecule has 0 spiro atoms. The highest BCUT2D eigenvalue weighted by atomic mass is 16.6. The minimum atomic E-state index is -0.724. The number of pyridine rings is 1. The van der Waals surface area contributed by atoms with E-state index in [0.717, 1.165) is 23.8 Å². The van der Waals surface area contributed by atoms with Gasteiger partial charge in [0.2, 0.25) is 5.91 Å². The fraction of sp³-hybridized carbons (Fsp3) is 0.400. The molecule has 0 bridgehead atoms. The first-order valence-corrected chi connectivity index (χ1v) is 11.9. The van der Waals surface area contributed by atoms with Crippen molar-refractivity contribution in [2.45, 2.75) is 32.7 Å². The Morgan fingerprint density at radius 2 is 1.75 bits per heavy atom. The largest absolute Gasteiger partial charge is 0.486 e. The topological polar surface area (TPSA) is 125 Å². The number of aryl methyl sites for hydroxylation is 2. The molecule has 11 nitrogen and oxygen atoms in total. The maximum absolute atomic E-state index is 13.5. The van der Waals surface area contributed by atoms with Gasteiger partial charge in [0, 0.05) is 37.6 Å². The Hall–Kier alpha value is -4.15. The summed E-state index contributed by atoms with van der Waals surface area (Å²) in [5.74, 6) is 0.232. The number of carbonyl (C=O) groups is 2. The van der Waals surface area contributed by atoms with Crippen molar-refractivity contribution < 1.29 is 19.1 Å². The van der Waals surface area contributed by atoms with Crippen LogP contribution >= 0.6 is 0 Å². The molecule has 0 radical (unpaired) electrons. The van der Waals surface area contributed by atoms with Gasteiger partial charge in [-0.25, -0.2) is 9.78 Å². The summed E-state index contributed by atoms with van der Waals surface area (Å²) in [5, 5.41) is 2.72. The molecule has 2 aromatic heterocycles. The SMILES string of the molecule is Cc1cc(C(=O)N2CCCCC2)c2c(=O)n(CC(=O)Nc3ccc4c(c3)OCCO4)c(=O)n(C)c2n1. The van der Waals surface area contributed by atoms with Gasteiger partial charge in [0.05, 0.1) is 10.9 Å². The number of hydrogen-bond donors (Lipinski definition) is 1. The number of carbonyl (C=O) groups excluding carboxylic acids is 2. The number of fused-ring (bicyclic) bond motifs is 2. The molecule has 3 aromatic rings. The number of nitrogens with zero attached hydrogens (tertiary/aromatic N) is 4. The lowest BCUT2D eigenvalue weighted by atomic mass is 10.1. The van der Waals surface area contributed by atoms with E-state index >= 15 is 0 Å². The van der Waals surface area contributed by atoms with Crippen molar-refractivity contribution in [2.75, 3.05) is 31.6 Å². The van der Waals surface area contributed by atoms with Crippen molar-refractivity contribution in [3.05, 3.63) is 56.4 Å². The molecule has 1 fully saturated rings. The number of hydrogen-bond acceptors (Lipinski definition) is 7. The summed E-state index contributed by atoms with van der Waals surface area (Å²) in [6.07, 6.45) is 2.85. The number of aromatic nitrogens is 3. The Morgan fingerprint density at radius 3 is 2.50 bits per heavy atom. The summed E-state index contributed by atoms with van der Waals surface area (Å²) in [6.45, 7) is 3.26. The lowest BCUT2D eigenvalue weighted by Crippen LogP contribution is -2.43. The van der Waals surface area contributed by atoms with E-state index in [1.165, 1.54) is 11.6 Å². The van der Waals surface area contributed by atoms with E-state index in [4.69, 9.17) is 9.47 Å². The van der Waals surface area contributed by atoms with Gasteiger partial charge in [-0.2, -0.15) is 0 Å². The molecule has 1 N–H and O–H groups in total. The first-order chi connectivity index (χ1) is 17.3. The van der Waals surface area contributed by atoms with Gasteiger partial charge in [0.25, 0.3) is 11.5 Å². The maximum atomic E-state index is 13.5. The Bertz CT molecular complexity index is 1490.